The third kappa shape index (κ3) is 2.30. The minimum Gasteiger partial charge on any atom is -0.325 e. The van der Waals surface area contributed by atoms with E-state index in [0.29, 0.717) is 22.4 Å². The first-order valence-corrected chi connectivity index (χ1v) is 5.48. The van der Waals surface area contributed by atoms with E-state index in [0.717, 1.165) is 0 Å². The molecule has 0 aliphatic heterocycles. The fraction of sp³-hybridized carbons (Fsp3) is 0.143. The van der Waals surface area contributed by atoms with Crippen molar-refractivity contribution in [3.8, 4) is 6.07 Å². The molecule has 18 heavy (non-hydrogen) atoms. The average molecular weight is 242 g/mol. The van der Waals surface area contributed by atoms with Crippen LogP contribution in [0.4, 0.5) is 4.39 Å². The molecular weight excluding hydrogens is 231 g/mol. The highest BCUT2D eigenvalue weighted by molar-refractivity contribution is 5.37. The molecule has 4 heteroatoms. The molecule has 0 atom stereocenters. The number of hydrogen-bond acceptors (Lipinski definition) is 2. The molecule has 1 N–H and O–H groups in total. The number of rotatable bonds is 2. The Labute approximate surface area is 104 Å². The quantitative estimate of drug-likeness (QED) is 0.878. The molecule has 0 radical (unpaired) electrons. The standard InChI is InChI=1S/C14H11FN2O/c1-9-12(8-16)7-11(14(18)17-9)6-10-4-2-3-5-13(10)15/h2-5,7H,6H2,1H3,(H,17,18). The van der Waals surface area contributed by atoms with Crippen molar-refractivity contribution in [2.24, 2.45) is 0 Å². The van der Waals surface area contributed by atoms with Crippen LogP contribution in [0.15, 0.2) is 35.1 Å². The number of halogens is 1. The molecule has 0 aliphatic rings. The van der Waals surface area contributed by atoms with Crippen molar-refractivity contribution in [3.05, 3.63) is 68.9 Å². The summed E-state index contributed by atoms with van der Waals surface area (Å²) in [5, 5.41) is 8.91. The lowest BCUT2D eigenvalue weighted by Crippen LogP contribution is -2.15. The molecule has 0 aliphatic carbocycles. The first-order valence-electron chi connectivity index (χ1n) is 5.48. The maximum absolute atomic E-state index is 13.5. The van der Waals surface area contributed by atoms with E-state index in [2.05, 4.69) is 4.98 Å². The zero-order valence-corrected chi connectivity index (χ0v) is 9.83. The van der Waals surface area contributed by atoms with E-state index in [4.69, 9.17) is 5.26 Å². The van der Waals surface area contributed by atoms with E-state index in [9.17, 15) is 9.18 Å². The van der Waals surface area contributed by atoms with Crippen LogP contribution in [0.2, 0.25) is 0 Å². The van der Waals surface area contributed by atoms with Gasteiger partial charge in [0.25, 0.3) is 5.56 Å². The fourth-order valence-corrected chi connectivity index (χ4v) is 1.76. The molecule has 3 nitrogen and oxygen atoms in total. The van der Waals surface area contributed by atoms with Crippen LogP contribution in [0.1, 0.15) is 22.4 Å². The molecule has 2 rings (SSSR count). The number of aromatic amines is 1. The van der Waals surface area contributed by atoms with Gasteiger partial charge in [0, 0.05) is 17.7 Å². The van der Waals surface area contributed by atoms with Crippen LogP contribution in [0, 0.1) is 24.1 Å². The van der Waals surface area contributed by atoms with Crippen LogP contribution >= 0.6 is 0 Å². The second-order valence-electron chi connectivity index (χ2n) is 4.04. The molecule has 1 aromatic heterocycles. The van der Waals surface area contributed by atoms with Gasteiger partial charge in [-0.25, -0.2) is 4.39 Å². The molecule has 0 unspecified atom stereocenters. The summed E-state index contributed by atoms with van der Waals surface area (Å²) in [5.41, 5.74) is 1.48. The van der Waals surface area contributed by atoms with E-state index in [-0.39, 0.29) is 17.8 Å². The van der Waals surface area contributed by atoms with Crippen LogP contribution < -0.4 is 5.56 Å². The fourth-order valence-electron chi connectivity index (χ4n) is 1.76. The molecule has 1 aromatic carbocycles. The van der Waals surface area contributed by atoms with Gasteiger partial charge in [0.2, 0.25) is 0 Å². The smallest absolute Gasteiger partial charge is 0.251 e. The van der Waals surface area contributed by atoms with Gasteiger partial charge in [-0.15, -0.1) is 0 Å². The maximum Gasteiger partial charge on any atom is 0.251 e. The lowest BCUT2D eigenvalue weighted by molar-refractivity contribution is 0.613. The zero-order chi connectivity index (χ0) is 13.1. The van der Waals surface area contributed by atoms with Crippen molar-refractivity contribution in [2.45, 2.75) is 13.3 Å². The van der Waals surface area contributed by atoms with Crippen molar-refractivity contribution in [3.63, 3.8) is 0 Å². The largest absolute Gasteiger partial charge is 0.325 e. The van der Waals surface area contributed by atoms with Gasteiger partial charge in [-0.1, -0.05) is 18.2 Å². The number of aryl methyl sites for hydroxylation is 1. The summed E-state index contributed by atoms with van der Waals surface area (Å²) in [7, 11) is 0. The predicted molar refractivity (Wildman–Crippen MR) is 65.7 cm³/mol. The van der Waals surface area contributed by atoms with Crippen LogP contribution in [0.3, 0.4) is 0 Å². The van der Waals surface area contributed by atoms with Crippen molar-refractivity contribution in [2.75, 3.05) is 0 Å². The molecule has 0 bridgehead atoms. The number of aromatic nitrogens is 1. The van der Waals surface area contributed by atoms with E-state index in [1.54, 1.807) is 25.1 Å². The molecular formula is C14H11FN2O. The number of H-pyrrole nitrogens is 1. The Balaban J connectivity index is 2.45. The van der Waals surface area contributed by atoms with Gasteiger partial charge < -0.3 is 4.98 Å². The average Bonchev–Trinajstić information content (AvgIpc) is 2.35. The van der Waals surface area contributed by atoms with Gasteiger partial charge >= 0.3 is 0 Å². The summed E-state index contributed by atoms with van der Waals surface area (Å²) in [4.78, 5) is 14.3. The molecule has 1 heterocycles. The zero-order valence-electron chi connectivity index (χ0n) is 9.83. The van der Waals surface area contributed by atoms with E-state index in [1.165, 1.54) is 12.1 Å². The normalized spacial score (nSPS) is 10.1. The number of nitriles is 1. The van der Waals surface area contributed by atoms with Crippen LogP contribution in [-0.2, 0) is 6.42 Å². The highest BCUT2D eigenvalue weighted by atomic mass is 19.1. The Morgan fingerprint density at radius 1 is 1.33 bits per heavy atom. The molecule has 0 saturated carbocycles. The molecule has 0 spiro atoms. The highest BCUT2D eigenvalue weighted by Gasteiger charge is 2.08. The Hall–Kier alpha value is -2.41. The van der Waals surface area contributed by atoms with Gasteiger partial charge in [0.1, 0.15) is 11.9 Å². The monoisotopic (exact) mass is 242 g/mol. The summed E-state index contributed by atoms with van der Waals surface area (Å²) in [6.45, 7) is 1.66. The van der Waals surface area contributed by atoms with Crippen molar-refractivity contribution < 1.29 is 4.39 Å². The van der Waals surface area contributed by atoms with E-state index < -0.39 is 0 Å². The minimum atomic E-state index is -0.351. The van der Waals surface area contributed by atoms with Gasteiger partial charge in [0.05, 0.1) is 5.56 Å². The minimum absolute atomic E-state index is 0.178. The second-order valence-corrected chi connectivity index (χ2v) is 4.04. The lowest BCUT2D eigenvalue weighted by Gasteiger charge is -2.04. The van der Waals surface area contributed by atoms with Crippen LogP contribution in [0.25, 0.3) is 0 Å². The summed E-state index contributed by atoms with van der Waals surface area (Å²) < 4.78 is 13.5. The van der Waals surface area contributed by atoms with E-state index in [1.807, 2.05) is 6.07 Å². The number of benzene rings is 1. The van der Waals surface area contributed by atoms with Gasteiger partial charge in [-0.3, -0.25) is 4.79 Å². The molecule has 0 fully saturated rings. The summed E-state index contributed by atoms with van der Waals surface area (Å²) >= 11 is 0. The van der Waals surface area contributed by atoms with E-state index >= 15 is 0 Å². The Morgan fingerprint density at radius 2 is 2.06 bits per heavy atom. The lowest BCUT2D eigenvalue weighted by atomic mass is 10.0. The summed E-state index contributed by atoms with van der Waals surface area (Å²) in [6, 6.07) is 9.80. The summed E-state index contributed by atoms with van der Waals surface area (Å²) in [6.07, 6.45) is 0.178. The highest BCUT2D eigenvalue weighted by Crippen LogP contribution is 2.12. The molecule has 2 aromatic rings. The van der Waals surface area contributed by atoms with Gasteiger partial charge in [-0.05, 0) is 24.6 Å². The van der Waals surface area contributed by atoms with Gasteiger partial charge in [0.15, 0.2) is 0 Å². The third-order valence-corrected chi connectivity index (χ3v) is 2.77. The van der Waals surface area contributed by atoms with Crippen LogP contribution in [0.5, 0.6) is 0 Å². The Morgan fingerprint density at radius 3 is 2.72 bits per heavy atom. The Kier molecular flexibility index (Phi) is 3.24. The number of hydrogen-bond donors (Lipinski definition) is 1. The predicted octanol–water partition coefficient (Wildman–Crippen LogP) is 2.28. The van der Waals surface area contributed by atoms with Crippen molar-refractivity contribution in [1.29, 1.82) is 5.26 Å². The second kappa shape index (κ2) is 4.84. The number of pyridine rings is 1. The van der Waals surface area contributed by atoms with Crippen molar-refractivity contribution >= 4 is 0 Å². The van der Waals surface area contributed by atoms with Gasteiger partial charge in [-0.2, -0.15) is 5.26 Å². The number of nitrogens with zero attached hydrogens (tertiary/aromatic N) is 1. The molecule has 90 valence electrons. The maximum atomic E-state index is 13.5. The number of nitrogens with one attached hydrogen (secondary N) is 1. The van der Waals surface area contributed by atoms with Crippen molar-refractivity contribution in [1.82, 2.24) is 4.98 Å². The first-order chi connectivity index (χ1) is 8.61. The SMILES string of the molecule is Cc1[nH]c(=O)c(Cc2ccccc2F)cc1C#N. The molecule has 0 saturated heterocycles. The van der Waals surface area contributed by atoms with Crippen LogP contribution in [-0.4, -0.2) is 4.98 Å². The first kappa shape index (κ1) is 12.1. The molecule has 0 amide bonds. The topological polar surface area (TPSA) is 56.6 Å². The third-order valence-electron chi connectivity index (χ3n) is 2.77. The Bertz CT molecular complexity index is 683. The summed E-state index contributed by atoms with van der Waals surface area (Å²) in [5.74, 6) is -0.351.